The fourth-order valence-corrected chi connectivity index (χ4v) is 3.83. The van der Waals surface area contributed by atoms with E-state index in [2.05, 4.69) is 15.2 Å². The van der Waals surface area contributed by atoms with Crippen LogP contribution in [0.3, 0.4) is 0 Å². The summed E-state index contributed by atoms with van der Waals surface area (Å²) in [6.45, 7) is 2.30. The van der Waals surface area contributed by atoms with Gasteiger partial charge in [-0.1, -0.05) is 0 Å². The number of hydrogen-bond acceptors (Lipinski definition) is 3. The molecule has 3 heterocycles. The Morgan fingerprint density at radius 1 is 1.33 bits per heavy atom. The highest BCUT2D eigenvalue weighted by Gasteiger charge is 2.38. The van der Waals surface area contributed by atoms with Crippen LogP contribution in [0.15, 0.2) is 24.4 Å². The second-order valence-electron chi connectivity index (χ2n) is 6.12. The van der Waals surface area contributed by atoms with E-state index in [0.29, 0.717) is 23.3 Å². The molecule has 0 bridgehead atoms. The normalized spacial score (nSPS) is 25.3. The van der Waals surface area contributed by atoms with Gasteiger partial charge in [-0.2, -0.15) is 0 Å². The Balaban J connectivity index is 1.56. The van der Waals surface area contributed by atoms with Crippen LogP contribution in [-0.4, -0.2) is 41.0 Å². The van der Waals surface area contributed by atoms with E-state index < -0.39 is 0 Å². The van der Waals surface area contributed by atoms with Crippen LogP contribution in [0.2, 0.25) is 0 Å². The molecule has 2 atom stereocenters. The Bertz CT molecular complexity index is 693. The summed E-state index contributed by atoms with van der Waals surface area (Å²) in [6, 6.07) is 6.43. The van der Waals surface area contributed by atoms with E-state index in [-0.39, 0.29) is 5.91 Å². The topological polar surface area (TPSA) is 74.2 Å². The van der Waals surface area contributed by atoms with Crippen molar-refractivity contribution in [2.24, 2.45) is 0 Å². The molecule has 1 aromatic heterocycles. The van der Waals surface area contributed by atoms with Crippen molar-refractivity contribution in [1.82, 2.24) is 15.2 Å². The van der Waals surface area contributed by atoms with Gasteiger partial charge >= 0.3 is 0 Å². The Kier molecular flexibility index (Phi) is 2.89. The number of hydrogen-bond donors (Lipinski definition) is 3. The number of benzene rings is 1. The lowest BCUT2D eigenvalue weighted by atomic mass is 10.1. The number of aromatic nitrogens is 1. The quantitative estimate of drug-likeness (QED) is 0.735. The summed E-state index contributed by atoms with van der Waals surface area (Å²) in [5.74, 6) is 0.0183. The number of nitrogens with zero attached hydrogens (tertiary/aromatic N) is 1. The summed E-state index contributed by atoms with van der Waals surface area (Å²) in [4.78, 5) is 18.2. The molecule has 110 valence electrons. The van der Waals surface area contributed by atoms with Crippen molar-refractivity contribution in [2.75, 3.05) is 18.8 Å². The molecule has 4 rings (SSSR count). The molecule has 0 saturated carbocycles. The first kappa shape index (κ1) is 12.7. The molecule has 1 aromatic carbocycles. The molecule has 2 fully saturated rings. The van der Waals surface area contributed by atoms with Gasteiger partial charge in [0.2, 0.25) is 0 Å². The minimum Gasteiger partial charge on any atom is -0.399 e. The molecule has 21 heavy (non-hydrogen) atoms. The number of aromatic amines is 1. The molecule has 2 aliphatic rings. The van der Waals surface area contributed by atoms with E-state index in [0.717, 1.165) is 23.9 Å². The molecule has 0 spiro atoms. The van der Waals surface area contributed by atoms with Crippen molar-refractivity contribution in [3.8, 4) is 0 Å². The van der Waals surface area contributed by atoms with Crippen molar-refractivity contribution in [3.05, 3.63) is 30.0 Å². The summed E-state index contributed by atoms with van der Waals surface area (Å²) in [6.07, 6.45) is 5.30. The summed E-state index contributed by atoms with van der Waals surface area (Å²) in [5.41, 5.74) is 8.10. The number of amides is 1. The van der Waals surface area contributed by atoms with Crippen LogP contribution in [0.4, 0.5) is 5.69 Å². The van der Waals surface area contributed by atoms with E-state index in [1.807, 2.05) is 18.2 Å². The summed E-state index contributed by atoms with van der Waals surface area (Å²) in [5, 5.41) is 4.16. The zero-order chi connectivity index (χ0) is 14.4. The molecular formula is C16H20N4O. The van der Waals surface area contributed by atoms with Gasteiger partial charge in [0.25, 0.3) is 5.91 Å². The number of nitrogens with one attached hydrogen (secondary N) is 2. The van der Waals surface area contributed by atoms with Gasteiger partial charge < -0.3 is 16.0 Å². The Morgan fingerprint density at radius 3 is 3.14 bits per heavy atom. The third-order valence-corrected chi connectivity index (χ3v) is 4.87. The molecule has 0 radical (unpaired) electrons. The summed E-state index contributed by atoms with van der Waals surface area (Å²) in [7, 11) is 0. The van der Waals surface area contributed by atoms with Crippen molar-refractivity contribution in [3.63, 3.8) is 0 Å². The molecule has 4 N–H and O–H groups in total. The van der Waals surface area contributed by atoms with Gasteiger partial charge in [0.05, 0.1) is 5.56 Å². The average Bonchev–Trinajstić information content (AvgIpc) is 3.14. The third kappa shape index (κ3) is 2.08. The van der Waals surface area contributed by atoms with E-state index in [4.69, 9.17) is 5.73 Å². The molecule has 2 aliphatic heterocycles. The van der Waals surface area contributed by atoms with E-state index in [9.17, 15) is 4.79 Å². The fourth-order valence-electron chi connectivity index (χ4n) is 3.83. The van der Waals surface area contributed by atoms with Crippen LogP contribution in [0.5, 0.6) is 0 Å². The SMILES string of the molecule is Nc1ccc2c(C(=O)NC3CCN4CCCC34)c[nH]c2c1. The standard InChI is InChI=1S/C16H20N4O/c17-10-3-4-11-12(9-18-14(11)8-10)16(21)19-13-5-7-20-6-1-2-15(13)20/h3-4,8-9,13,15,18H,1-2,5-7,17H2,(H,19,21). The highest BCUT2D eigenvalue weighted by Crippen LogP contribution is 2.28. The summed E-state index contributed by atoms with van der Waals surface area (Å²) < 4.78 is 0. The van der Waals surface area contributed by atoms with Crippen LogP contribution >= 0.6 is 0 Å². The lowest BCUT2D eigenvalue weighted by molar-refractivity contribution is 0.0931. The van der Waals surface area contributed by atoms with E-state index in [1.54, 1.807) is 6.20 Å². The maximum atomic E-state index is 12.6. The van der Waals surface area contributed by atoms with Crippen molar-refractivity contribution in [2.45, 2.75) is 31.3 Å². The molecule has 5 nitrogen and oxygen atoms in total. The van der Waals surface area contributed by atoms with Crippen molar-refractivity contribution < 1.29 is 4.79 Å². The van der Waals surface area contributed by atoms with Crippen molar-refractivity contribution in [1.29, 1.82) is 0 Å². The molecule has 2 aromatic rings. The van der Waals surface area contributed by atoms with Gasteiger partial charge in [0.15, 0.2) is 0 Å². The third-order valence-electron chi connectivity index (χ3n) is 4.87. The van der Waals surface area contributed by atoms with Crippen LogP contribution in [0.25, 0.3) is 10.9 Å². The highest BCUT2D eigenvalue weighted by molar-refractivity contribution is 6.07. The number of fused-ring (bicyclic) bond motifs is 2. The van der Waals surface area contributed by atoms with Gasteiger partial charge in [0, 0.05) is 41.4 Å². The minimum atomic E-state index is 0.0183. The number of carbonyl (C=O) groups is 1. The summed E-state index contributed by atoms with van der Waals surface area (Å²) >= 11 is 0. The number of carbonyl (C=O) groups excluding carboxylic acids is 1. The average molecular weight is 284 g/mol. The minimum absolute atomic E-state index is 0.0183. The van der Waals surface area contributed by atoms with Crippen LogP contribution in [-0.2, 0) is 0 Å². The molecular weight excluding hydrogens is 264 g/mol. The smallest absolute Gasteiger partial charge is 0.253 e. The lowest BCUT2D eigenvalue weighted by Crippen LogP contribution is -2.42. The van der Waals surface area contributed by atoms with Crippen molar-refractivity contribution >= 4 is 22.5 Å². The van der Waals surface area contributed by atoms with E-state index >= 15 is 0 Å². The Hall–Kier alpha value is -2.01. The zero-order valence-electron chi connectivity index (χ0n) is 11.9. The first-order valence-corrected chi connectivity index (χ1v) is 7.64. The number of nitrogens with two attached hydrogens (primary N) is 1. The molecule has 2 saturated heterocycles. The predicted molar refractivity (Wildman–Crippen MR) is 83.2 cm³/mol. The second-order valence-corrected chi connectivity index (χ2v) is 6.12. The number of H-pyrrole nitrogens is 1. The molecule has 0 aliphatic carbocycles. The maximum absolute atomic E-state index is 12.6. The molecule has 5 heteroatoms. The molecule has 2 unspecified atom stereocenters. The van der Waals surface area contributed by atoms with Crippen LogP contribution in [0, 0.1) is 0 Å². The van der Waals surface area contributed by atoms with Gasteiger partial charge in [-0.25, -0.2) is 0 Å². The second kappa shape index (κ2) is 4.77. The number of rotatable bonds is 2. The van der Waals surface area contributed by atoms with Gasteiger partial charge in [-0.15, -0.1) is 0 Å². The fraction of sp³-hybridized carbons (Fsp3) is 0.438. The Labute approximate surface area is 123 Å². The monoisotopic (exact) mass is 284 g/mol. The molecule has 1 amide bonds. The van der Waals surface area contributed by atoms with Crippen LogP contribution < -0.4 is 11.1 Å². The highest BCUT2D eigenvalue weighted by atomic mass is 16.1. The van der Waals surface area contributed by atoms with Gasteiger partial charge in [-0.3, -0.25) is 9.69 Å². The zero-order valence-corrected chi connectivity index (χ0v) is 11.9. The number of nitrogen functional groups attached to an aromatic ring is 1. The first-order valence-electron chi connectivity index (χ1n) is 7.64. The van der Waals surface area contributed by atoms with Gasteiger partial charge in [0.1, 0.15) is 0 Å². The van der Waals surface area contributed by atoms with E-state index in [1.165, 1.54) is 19.4 Å². The lowest BCUT2D eigenvalue weighted by Gasteiger charge is -2.21. The first-order chi connectivity index (χ1) is 10.2. The maximum Gasteiger partial charge on any atom is 0.253 e. The van der Waals surface area contributed by atoms with Gasteiger partial charge in [-0.05, 0) is 44.0 Å². The Morgan fingerprint density at radius 2 is 2.24 bits per heavy atom. The van der Waals surface area contributed by atoms with Crippen LogP contribution in [0.1, 0.15) is 29.6 Å². The number of anilines is 1. The largest absolute Gasteiger partial charge is 0.399 e. The predicted octanol–water partition coefficient (Wildman–Crippen LogP) is 1.72.